The minimum atomic E-state index is -2.47. The summed E-state index contributed by atoms with van der Waals surface area (Å²) in [5.41, 5.74) is 0. The lowest BCUT2D eigenvalue weighted by molar-refractivity contribution is -0.135. The topological polar surface area (TPSA) is 127 Å². The van der Waals surface area contributed by atoms with Crippen molar-refractivity contribution in [3.8, 4) is 0 Å². The van der Waals surface area contributed by atoms with Crippen molar-refractivity contribution in [3.63, 3.8) is 0 Å². The molecule has 0 fully saturated rings. The number of carbonyl (C=O) groups excluding carboxylic acids is 2. The van der Waals surface area contributed by atoms with Crippen LogP contribution >= 0.6 is 0 Å². The standard InChI is InChI=1S/C9H17NO6/c1-4(12)7(10-5(2)13)9(16)8(15)6(14)3-11/h6-9,11,14-16H,3H2,1-2H3,(H,10,13)/t6-,7+,8+,9-/m1/s1/i7D. The van der Waals surface area contributed by atoms with Gasteiger partial charge in [-0.1, -0.05) is 0 Å². The molecule has 0 saturated carbocycles. The van der Waals surface area contributed by atoms with Crippen LogP contribution in [0.25, 0.3) is 0 Å². The summed E-state index contributed by atoms with van der Waals surface area (Å²) in [6, 6.07) is -2.47. The minimum absolute atomic E-state index is 0.750. The third-order valence-corrected chi connectivity index (χ3v) is 1.89. The Hall–Kier alpha value is -1.02. The first-order valence-electron chi connectivity index (χ1n) is 5.11. The fourth-order valence-electron chi connectivity index (χ4n) is 1.05. The average Bonchev–Trinajstić information content (AvgIpc) is 2.24. The average molecular weight is 236 g/mol. The fraction of sp³-hybridized carbons (Fsp3) is 0.778. The molecule has 16 heavy (non-hydrogen) atoms. The van der Waals surface area contributed by atoms with Crippen molar-refractivity contribution in [2.45, 2.75) is 38.2 Å². The molecule has 0 unspecified atom stereocenters. The highest BCUT2D eigenvalue weighted by Crippen LogP contribution is 2.06. The summed E-state index contributed by atoms with van der Waals surface area (Å²) in [6.45, 7) is 1.13. The van der Waals surface area contributed by atoms with Gasteiger partial charge >= 0.3 is 0 Å². The number of hydrogen-bond donors (Lipinski definition) is 5. The summed E-state index contributed by atoms with van der Waals surface area (Å²) in [6.07, 6.45) is -5.72. The van der Waals surface area contributed by atoms with Crippen LogP contribution in [-0.2, 0) is 9.59 Å². The van der Waals surface area contributed by atoms with E-state index in [1.807, 2.05) is 5.32 Å². The molecule has 0 aromatic rings. The second kappa shape index (κ2) is 6.54. The Labute approximate surface area is 94.1 Å². The van der Waals surface area contributed by atoms with E-state index in [0.29, 0.717) is 0 Å². The van der Waals surface area contributed by atoms with E-state index < -0.39 is 42.6 Å². The van der Waals surface area contributed by atoms with E-state index in [2.05, 4.69) is 0 Å². The molecule has 1 amide bonds. The van der Waals surface area contributed by atoms with E-state index >= 15 is 0 Å². The van der Waals surface area contributed by atoms with E-state index in [-0.39, 0.29) is 0 Å². The van der Waals surface area contributed by atoms with E-state index in [1.54, 1.807) is 0 Å². The van der Waals surface area contributed by atoms with Gasteiger partial charge in [-0.05, 0) is 6.92 Å². The lowest BCUT2D eigenvalue weighted by Gasteiger charge is -2.27. The number of nitrogens with one attached hydrogen (secondary N) is 1. The number of rotatable bonds is 6. The van der Waals surface area contributed by atoms with Gasteiger partial charge in [0.2, 0.25) is 5.91 Å². The lowest BCUT2D eigenvalue weighted by Crippen LogP contribution is -2.55. The third kappa shape index (κ3) is 4.23. The van der Waals surface area contributed by atoms with Gasteiger partial charge in [-0.3, -0.25) is 9.59 Å². The van der Waals surface area contributed by atoms with Crippen molar-refractivity contribution >= 4 is 11.7 Å². The molecule has 0 aromatic heterocycles. The van der Waals surface area contributed by atoms with Crippen LogP contribution in [0.3, 0.4) is 0 Å². The highest BCUT2D eigenvalue weighted by Gasteiger charge is 2.34. The van der Waals surface area contributed by atoms with Gasteiger partial charge < -0.3 is 25.7 Å². The fourth-order valence-corrected chi connectivity index (χ4v) is 1.05. The predicted octanol–water partition coefficient (Wildman–Crippen LogP) is -2.84. The molecule has 0 spiro atoms. The van der Waals surface area contributed by atoms with Crippen LogP contribution in [0.15, 0.2) is 0 Å². The number of Topliss-reactive ketones (excluding diaryl/α,β-unsaturated/α-hetero) is 1. The number of aliphatic hydroxyl groups excluding tert-OH is 4. The van der Waals surface area contributed by atoms with Gasteiger partial charge in [0.25, 0.3) is 0 Å². The van der Waals surface area contributed by atoms with Crippen LogP contribution < -0.4 is 5.32 Å². The maximum atomic E-state index is 11.2. The molecule has 7 nitrogen and oxygen atoms in total. The third-order valence-electron chi connectivity index (χ3n) is 1.89. The highest BCUT2D eigenvalue weighted by atomic mass is 16.4. The first kappa shape index (κ1) is 13.0. The smallest absolute Gasteiger partial charge is 0.217 e. The summed E-state index contributed by atoms with van der Waals surface area (Å²) in [5.74, 6) is -1.66. The highest BCUT2D eigenvalue weighted by molar-refractivity contribution is 5.87. The first-order chi connectivity index (χ1) is 7.66. The summed E-state index contributed by atoms with van der Waals surface area (Å²) in [7, 11) is 0. The van der Waals surface area contributed by atoms with Crippen molar-refractivity contribution in [1.82, 2.24) is 5.32 Å². The van der Waals surface area contributed by atoms with Crippen molar-refractivity contribution in [2.24, 2.45) is 0 Å². The van der Waals surface area contributed by atoms with E-state index in [1.165, 1.54) is 0 Å². The number of aliphatic hydroxyl groups is 4. The summed E-state index contributed by atoms with van der Waals surface area (Å²) < 4.78 is 7.63. The van der Waals surface area contributed by atoms with Crippen molar-refractivity contribution < 1.29 is 31.4 Å². The number of carbonyl (C=O) groups is 2. The molecular weight excluding hydrogens is 218 g/mol. The van der Waals surface area contributed by atoms with Crippen molar-refractivity contribution in [2.75, 3.05) is 6.61 Å². The second-order valence-electron chi connectivity index (χ2n) is 3.34. The molecule has 7 heteroatoms. The van der Waals surface area contributed by atoms with Crippen LogP contribution in [-0.4, -0.2) is 63.1 Å². The molecule has 4 atom stereocenters. The summed E-state index contributed by atoms with van der Waals surface area (Å²) >= 11 is 0. The molecule has 0 heterocycles. The Morgan fingerprint density at radius 2 is 1.75 bits per heavy atom. The van der Waals surface area contributed by atoms with E-state index in [9.17, 15) is 19.8 Å². The summed E-state index contributed by atoms with van der Waals surface area (Å²) in [5, 5.41) is 38.6. The van der Waals surface area contributed by atoms with Crippen LogP contribution in [0.2, 0.25) is 0 Å². The maximum absolute atomic E-state index is 11.2. The molecule has 0 saturated heterocycles. The van der Waals surface area contributed by atoms with Gasteiger partial charge in [0.05, 0.1) is 7.98 Å². The molecule has 0 rings (SSSR count). The van der Waals surface area contributed by atoms with Crippen molar-refractivity contribution in [1.29, 1.82) is 0 Å². The van der Waals surface area contributed by atoms with E-state index in [0.717, 1.165) is 13.8 Å². The number of amides is 1. The quantitative estimate of drug-likeness (QED) is 0.338. The van der Waals surface area contributed by atoms with Crippen LogP contribution in [0.4, 0.5) is 0 Å². The minimum Gasteiger partial charge on any atom is -0.394 e. The van der Waals surface area contributed by atoms with Gasteiger partial charge in [0.15, 0.2) is 5.78 Å². The van der Waals surface area contributed by atoms with E-state index in [4.69, 9.17) is 11.6 Å². The normalized spacial score (nSPS) is 21.2. The first-order valence-corrected chi connectivity index (χ1v) is 4.61. The SMILES string of the molecule is [2H][C@](NC(C)=O)(C(C)=O)[C@@H](O)[C@@H](O)[C@H](O)CO. The molecule has 0 aliphatic heterocycles. The molecule has 0 bridgehead atoms. The summed E-state index contributed by atoms with van der Waals surface area (Å²) in [4.78, 5) is 22.1. The largest absolute Gasteiger partial charge is 0.394 e. The predicted molar refractivity (Wildman–Crippen MR) is 53.4 cm³/mol. The van der Waals surface area contributed by atoms with Gasteiger partial charge in [0.1, 0.15) is 24.3 Å². The van der Waals surface area contributed by atoms with Crippen molar-refractivity contribution in [3.05, 3.63) is 0 Å². The van der Waals surface area contributed by atoms with Crippen LogP contribution in [0.1, 0.15) is 15.2 Å². The Kier molecular flexibility index (Phi) is 5.33. The number of hydrogen-bond acceptors (Lipinski definition) is 6. The Morgan fingerprint density at radius 1 is 1.25 bits per heavy atom. The van der Waals surface area contributed by atoms with Crippen LogP contribution in [0, 0.1) is 0 Å². The Bertz CT molecular complexity index is 299. The molecule has 0 radical (unpaired) electrons. The molecule has 0 aliphatic carbocycles. The van der Waals surface area contributed by atoms with Gasteiger partial charge in [-0.25, -0.2) is 0 Å². The lowest BCUT2D eigenvalue weighted by atomic mass is 9.98. The molecule has 94 valence electrons. The van der Waals surface area contributed by atoms with Gasteiger partial charge in [-0.15, -0.1) is 0 Å². The molecule has 5 N–H and O–H groups in total. The Balaban J connectivity index is 5.06. The van der Waals surface area contributed by atoms with Gasteiger partial charge in [0, 0.05) is 6.92 Å². The number of ketones is 1. The Morgan fingerprint density at radius 3 is 2.06 bits per heavy atom. The zero-order valence-corrected chi connectivity index (χ0v) is 9.04. The second-order valence-corrected chi connectivity index (χ2v) is 3.34. The molecule has 0 aromatic carbocycles. The maximum Gasteiger partial charge on any atom is 0.217 e. The van der Waals surface area contributed by atoms with Gasteiger partial charge in [-0.2, -0.15) is 0 Å². The van der Waals surface area contributed by atoms with Crippen LogP contribution in [0.5, 0.6) is 0 Å². The zero-order valence-electron chi connectivity index (χ0n) is 10.0. The molecular formula is C9H17NO6. The monoisotopic (exact) mass is 236 g/mol. The zero-order chi connectivity index (χ0) is 13.8. The molecule has 0 aliphatic rings.